The first-order valence-corrected chi connectivity index (χ1v) is 14.2. The average molecular weight is 465 g/mol. The van der Waals surface area contributed by atoms with Gasteiger partial charge in [0.1, 0.15) is 0 Å². The lowest BCUT2D eigenvalue weighted by Gasteiger charge is -2.63. The first-order valence-electron chi connectivity index (χ1n) is 14.2. The lowest BCUT2D eigenvalue weighted by Crippen LogP contribution is -2.66. The molecule has 33 heavy (non-hydrogen) atoms. The fourth-order valence-corrected chi connectivity index (χ4v) is 9.99. The Bertz CT molecular complexity index is 702. The number of aliphatic hydroxyl groups is 4. The van der Waals surface area contributed by atoms with Crippen LogP contribution in [0.15, 0.2) is 0 Å². The van der Waals surface area contributed by atoms with E-state index in [1.54, 1.807) is 0 Å². The molecule has 4 nitrogen and oxygen atoms in total. The molecular formula is C29H52O4. The van der Waals surface area contributed by atoms with Gasteiger partial charge >= 0.3 is 0 Å². The quantitative estimate of drug-likeness (QED) is 0.379. The van der Waals surface area contributed by atoms with Crippen LogP contribution in [0.1, 0.15) is 112 Å². The van der Waals surface area contributed by atoms with Gasteiger partial charge in [-0.3, -0.25) is 0 Å². The molecule has 4 heteroatoms. The highest BCUT2D eigenvalue weighted by molar-refractivity contribution is 5.12. The monoisotopic (exact) mass is 464 g/mol. The van der Waals surface area contributed by atoms with Crippen LogP contribution in [0.4, 0.5) is 0 Å². The van der Waals surface area contributed by atoms with Gasteiger partial charge in [-0.1, -0.05) is 54.4 Å². The van der Waals surface area contributed by atoms with Crippen LogP contribution in [0.5, 0.6) is 0 Å². The van der Waals surface area contributed by atoms with E-state index in [2.05, 4.69) is 41.5 Å². The first-order chi connectivity index (χ1) is 15.3. The van der Waals surface area contributed by atoms with Crippen molar-refractivity contribution in [3.05, 3.63) is 0 Å². The third kappa shape index (κ3) is 4.13. The fourth-order valence-electron chi connectivity index (χ4n) is 9.99. The summed E-state index contributed by atoms with van der Waals surface area (Å²) >= 11 is 0. The Kier molecular flexibility index (Phi) is 6.87. The molecule has 0 spiro atoms. The predicted octanol–water partition coefficient (Wildman–Crippen LogP) is 5.72. The average Bonchev–Trinajstić information content (AvgIpc) is 3.06. The minimum atomic E-state index is -2.42. The molecule has 4 N–H and O–H groups in total. The Balaban J connectivity index is 1.49. The predicted molar refractivity (Wildman–Crippen MR) is 132 cm³/mol. The van der Waals surface area contributed by atoms with Gasteiger partial charge in [-0.25, -0.2) is 0 Å². The van der Waals surface area contributed by atoms with Crippen molar-refractivity contribution in [2.24, 2.45) is 58.2 Å². The summed E-state index contributed by atoms with van der Waals surface area (Å²) in [6, 6.07) is 0. The van der Waals surface area contributed by atoms with E-state index in [4.69, 9.17) is 0 Å². The van der Waals surface area contributed by atoms with Crippen molar-refractivity contribution in [2.45, 2.75) is 124 Å². The third-order valence-corrected chi connectivity index (χ3v) is 12.1. The van der Waals surface area contributed by atoms with E-state index in [0.717, 1.165) is 48.9 Å². The Hall–Kier alpha value is -0.160. The van der Waals surface area contributed by atoms with E-state index < -0.39 is 11.6 Å². The normalized spacial score (nSPS) is 45.7. The molecule has 0 bridgehead atoms. The van der Waals surface area contributed by atoms with E-state index in [9.17, 15) is 20.4 Å². The van der Waals surface area contributed by atoms with Gasteiger partial charge in [-0.05, 0) is 103 Å². The molecule has 0 heterocycles. The number of fused-ring (bicyclic) bond motifs is 5. The van der Waals surface area contributed by atoms with Crippen LogP contribution in [0.3, 0.4) is 0 Å². The Labute approximate surface area is 202 Å². The Morgan fingerprint density at radius 2 is 1.45 bits per heavy atom. The molecule has 0 radical (unpaired) electrons. The van der Waals surface area contributed by atoms with Crippen LogP contribution >= 0.6 is 0 Å². The van der Waals surface area contributed by atoms with E-state index >= 15 is 0 Å². The molecule has 4 saturated carbocycles. The molecule has 4 fully saturated rings. The van der Waals surface area contributed by atoms with Crippen molar-refractivity contribution < 1.29 is 20.4 Å². The molecule has 4 rings (SSSR count). The summed E-state index contributed by atoms with van der Waals surface area (Å²) in [5.74, 6) is 0.382. The second-order valence-electron chi connectivity index (χ2n) is 13.9. The molecule has 4 aliphatic rings. The van der Waals surface area contributed by atoms with Crippen molar-refractivity contribution in [1.82, 2.24) is 0 Å². The molecule has 0 amide bonds. The van der Waals surface area contributed by atoms with Gasteiger partial charge in [0.15, 0.2) is 0 Å². The molecule has 0 aromatic heterocycles. The van der Waals surface area contributed by atoms with E-state index in [0.29, 0.717) is 17.3 Å². The van der Waals surface area contributed by atoms with Crippen molar-refractivity contribution >= 4 is 0 Å². The zero-order valence-electron chi connectivity index (χ0n) is 22.2. The minimum Gasteiger partial charge on any atom is -0.361 e. The second kappa shape index (κ2) is 8.75. The molecular weight excluding hydrogens is 412 g/mol. The number of hydrogen-bond acceptors (Lipinski definition) is 4. The highest BCUT2D eigenvalue weighted by Crippen LogP contribution is 2.69. The standard InChI is InChI=1S/C29H52O4/c1-7-20(18(2)3)9-8-19(4)23-12-13-24-22-11-10-21-16-28(30,31)29(32,33)17-27(21,6)25(22)14-15-26(23,24)5/h18-25,30-33H,7-17H2,1-6H3/t19-,20-,21?,22+,23-,24+,25+,26-,27+/m1/s1. The first kappa shape index (κ1) is 25.9. The van der Waals surface area contributed by atoms with Gasteiger partial charge in [-0.15, -0.1) is 0 Å². The second-order valence-corrected chi connectivity index (χ2v) is 13.9. The highest BCUT2D eigenvalue weighted by Gasteiger charge is 2.66. The van der Waals surface area contributed by atoms with Crippen LogP contribution < -0.4 is 0 Å². The van der Waals surface area contributed by atoms with Crippen molar-refractivity contribution in [2.75, 3.05) is 0 Å². The summed E-state index contributed by atoms with van der Waals surface area (Å²) in [5, 5.41) is 41.8. The largest absolute Gasteiger partial charge is 0.361 e. The Morgan fingerprint density at radius 1 is 0.788 bits per heavy atom. The summed E-state index contributed by atoms with van der Waals surface area (Å²) in [6.45, 7) is 14.4. The van der Waals surface area contributed by atoms with Crippen molar-refractivity contribution in [1.29, 1.82) is 0 Å². The summed E-state index contributed by atoms with van der Waals surface area (Å²) in [4.78, 5) is 0. The minimum absolute atomic E-state index is 0.0791. The van der Waals surface area contributed by atoms with Gasteiger partial charge < -0.3 is 20.4 Å². The van der Waals surface area contributed by atoms with Gasteiger partial charge in [-0.2, -0.15) is 0 Å². The molecule has 0 aromatic rings. The summed E-state index contributed by atoms with van der Waals surface area (Å²) in [7, 11) is 0. The Morgan fingerprint density at radius 3 is 2.09 bits per heavy atom. The van der Waals surface area contributed by atoms with Gasteiger partial charge in [0.05, 0.1) is 0 Å². The lowest BCUT2D eigenvalue weighted by atomic mass is 9.43. The fraction of sp³-hybridized carbons (Fsp3) is 1.00. The topological polar surface area (TPSA) is 80.9 Å². The zero-order chi connectivity index (χ0) is 24.4. The van der Waals surface area contributed by atoms with Crippen LogP contribution in [0.25, 0.3) is 0 Å². The van der Waals surface area contributed by atoms with Crippen LogP contribution in [-0.4, -0.2) is 32.0 Å². The van der Waals surface area contributed by atoms with Gasteiger partial charge in [0, 0.05) is 12.8 Å². The van der Waals surface area contributed by atoms with Crippen LogP contribution in [0, 0.1) is 58.2 Å². The van der Waals surface area contributed by atoms with E-state index in [1.807, 2.05) is 0 Å². The molecule has 0 saturated heterocycles. The smallest absolute Gasteiger partial charge is 0.218 e. The maximum absolute atomic E-state index is 10.6. The molecule has 9 atom stereocenters. The number of rotatable bonds is 6. The lowest BCUT2D eigenvalue weighted by molar-refractivity contribution is -0.398. The third-order valence-electron chi connectivity index (χ3n) is 12.1. The van der Waals surface area contributed by atoms with Crippen LogP contribution in [0.2, 0.25) is 0 Å². The molecule has 1 unspecified atom stereocenters. The zero-order valence-corrected chi connectivity index (χ0v) is 22.2. The maximum atomic E-state index is 10.6. The van der Waals surface area contributed by atoms with E-state index in [1.165, 1.54) is 38.5 Å². The highest BCUT2D eigenvalue weighted by atomic mass is 16.6. The summed E-state index contributed by atoms with van der Waals surface area (Å²) in [6.07, 6.45) is 11.4. The summed E-state index contributed by atoms with van der Waals surface area (Å²) < 4.78 is 0. The molecule has 4 aliphatic carbocycles. The van der Waals surface area contributed by atoms with Crippen molar-refractivity contribution in [3.63, 3.8) is 0 Å². The molecule has 192 valence electrons. The number of hydrogen-bond donors (Lipinski definition) is 4. The SMILES string of the molecule is CC[C@H](CC[C@@H](C)[C@H]1CC[C@H]2[C@@H]3CCC4CC(O)(O)C(O)(O)C[C@]4(C)[C@H]3CC[C@]12C)C(C)C. The van der Waals surface area contributed by atoms with Crippen molar-refractivity contribution in [3.8, 4) is 0 Å². The van der Waals surface area contributed by atoms with Gasteiger partial charge in [0.2, 0.25) is 11.6 Å². The summed E-state index contributed by atoms with van der Waals surface area (Å²) in [5.41, 5.74) is 0.184. The van der Waals surface area contributed by atoms with E-state index in [-0.39, 0.29) is 24.2 Å². The van der Waals surface area contributed by atoms with Crippen LogP contribution in [-0.2, 0) is 0 Å². The van der Waals surface area contributed by atoms with Gasteiger partial charge in [0.25, 0.3) is 0 Å². The molecule has 0 aliphatic heterocycles. The molecule has 0 aromatic carbocycles. The maximum Gasteiger partial charge on any atom is 0.218 e.